The molecule has 0 bridgehead atoms. The van der Waals surface area contributed by atoms with Crippen molar-refractivity contribution in [2.45, 2.75) is 6.54 Å². The molecule has 6 nitrogen and oxygen atoms in total. The van der Waals surface area contributed by atoms with Crippen LogP contribution in [0.4, 0.5) is 5.69 Å². The minimum absolute atomic E-state index is 0.691. The van der Waals surface area contributed by atoms with Crippen molar-refractivity contribution in [3.63, 3.8) is 0 Å². The molecule has 1 N–H and O–H groups in total. The van der Waals surface area contributed by atoms with Gasteiger partial charge in [0.25, 0.3) is 0 Å². The van der Waals surface area contributed by atoms with E-state index in [1.165, 1.54) is 0 Å². The number of hydrogen-bond acceptors (Lipinski definition) is 4. The third kappa shape index (κ3) is 2.59. The van der Waals surface area contributed by atoms with Crippen LogP contribution in [0.15, 0.2) is 55.8 Å². The molecular weight excluding hydrogens is 252 g/mol. The number of aromatic nitrogens is 5. The molecule has 0 amide bonds. The Hall–Kier alpha value is -2.89. The molecule has 0 spiro atoms. The van der Waals surface area contributed by atoms with E-state index in [9.17, 15) is 0 Å². The van der Waals surface area contributed by atoms with Crippen molar-refractivity contribution in [1.29, 1.82) is 0 Å². The van der Waals surface area contributed by atoms with Crippen molar-refractivity contribution < 1.29 is 0 Å². The van der Waals surface area contributed by atoms with E-state index in [0.29, 0.717) is 6.54 Å². The Labute approximate surface area is 116 Å². The van der Waals surface area contributed by atoms with Crippen LogP contribution in [-0.4, -0.2) is 24.5 Å². The lowest BCUT2D eigenvalue weighted by molar-refractivity contribution is 0.847. The molecule has 3 rings (SSSR count). The maximum atomic E-state index is 4.36. The first-order chi connectivity index (χ1) is 9.85. The maximum absolute atomic E-state index is 4.36. The Morgan fingerprint density at radius 3 is 2.85 bits per heavy atom. The van der Waals surface area contributed by atoms with Gasteiger partial charge in [-0.05, 0) is 18.2 Å². The minimum atomic E-state index is 0.691. The highest BCUT2D eigenvalue weighted by Crippen LogP contribution is 2.10. The van der Waals surface area contributed by atoms with Crippen LogP contribution in [0, 0.1) is 0 Å². The number of rotatable bonds is 5. The zero-order valence-electron chi connectivity index (χ0n) is 10.8. The van der Waals surface area contributed by atoms with E-state index in [1.807, 2.05) is 30.6 Å². The number of nitrogens with zero attached hydrogens (tertiary/aromatic N) is 5. The summed E-state index contributed by atoms with van der Waals surface area (Å²) in [6, 6.07) is 5.76. The van der Waals surface area contributed by atoms with E-state index in [4.69, 9.17) is 0 Å². The Bertz CT molecular complexity index is 681. The highest BCUT2D eigenvalue weighted by Gasteiger charge is 2.00. The lowest BCUT2D eigenvalue weighted by Crippen LogP contribution is -2.01. The van der Waals surface area contributed by atoms with Gasteiger partial charge in [0, 0.05) is 36.9 Å². The van der Waals surface area contributed by atoms with Crippen molar-refractivity contribution in [1.82, 2.24) is 24.5 Å². The van der Waals surface area contributed by atoms with Gasteiger partial charge >= 0.3 is 0 Å². The SMILES string of the molecule is C=Cn1cc(CNc2ccc(-n3cccn3)nc2)cn1. The van der Waals surface area contributed by atoms with Gasteiger partial charge in [0.2, 0.25) is 0 Å². The summed E-state index contributed by atoms with van der Waals surface area (Å²) < 4.78 is 3.40. The monoisotopic (exact) mass is 266 g/mol. The Morgan fingerprint density at radius 2 is 2.20 bits per heavy atom. The summed E-state index contributed by atoms with van der Waals surface area (Å²) in [4.78, 5) is 4.36. The van der Waals surface area contributed by atoms with Gasteiger partial charge in [-0.3, -0.25) is 0 Å². The molecule has 3 aromatic heterocycles. The van der Waals surface area contributed by atoms with Crippen molar-refractivity contribution in [2.75, 3.05) is 5.32 Å². The fraction of sp³-hybridized carbons (Fsp3) is 0.0714. The van der Waals surface area contributed by atoms with Gasteiger partial charge in [-0.2, -0.15) is 10.2 Å². The second-order valence-corrected chi connectivity index (χ2v) is 4.22. The molecule has 0 aromatic carbocycles. The van der Waals surface area contributed by atoms with Crippen LogP contribution in [0.1, 0.15) is 5.56 Å². The van der Waals surface area contributed by atoms with Gasteiger partial charge in [-0.15, -0.1) is 0 Å². The standard InChI is InChI=1S/C14H14N6/c1-2-19-11-12(9-18-19)8-15-13-4-5-14(16-10-13)20-7-3-6-17-20/h2-7,9-11,15H,1,8H2. The van der Waals surface area contributed by atoms with Crippen molar-refractivity contribution in [2.24, 2.45) is 0 Å². The van der Waals surface area contributed by atoms with Crippen LogP contribution in [0.3, 0.4) is 0 Å². The fourth-order valence-electron chi connectivity index (χ4n) is 1.80. The second kappa shape index (κ2) is 5.40. The largest absolute Gasteiger partial charge is 0.380 e. The van der Waals surface area contributed by atoms with E-state index < -0.39 is 0 Å². The van der Waals surface area contributed by atoms with E-state index in [0.717, 1.165) is 17.1 Å². The van der Waals surface area contributed by atoms with Crippen LogP contribution in [0.25, 0.3) is 12.0 Å². The summed E-state index contributed by atoms with van der Waals surface area (Å²) in [6.45, 7) is 4.35. The summed E-state index contributed by atoms with van der Waals surface area (Å²) in [5, 5.41) is 11.6. The first-order valence-corrected chi connectivity index (χ1v) is 6.21. The second-order valence-electron chi connectivity index (χ2n) is 4.22. The molecule has 0 radical (unpaired) electrons. The molecule has 0 atom stereocenters. The van der Waals surface area contributed by atoms with E-state index in [2.05, 4.69) is 27.1 Å². The lowest BCUT2D eigenvalue weighted by atomic mass is 10.3. The topological polar surface area (TPSA) is 60.6 Å². The molecule has 0 aliphatic rings. The summed E-state index contributed by atoms with van der Waals surface area (Å²) in [6.07, 6.45) is 10.8. The molecule has 0 fully saturated rings. The number of anilines is 1. The zero-order chi connectivity index (χ0) is 13.8. The highest BCUT2D eigenvalue weighted by molar-refractivity contribution is 5.43. The van der Waals surface area contributed by atoms with Crippen LogP contribution in [0.2, 0.25) is 0 Å². The van der Waals surface area contributed by atoms with E-state index >= 15 is 0 Å². The molecule has 6 heteroatoms. The predicted octanol–water partition coefficient (Wildman–Crippen LogP) is 2.18. The predicted molar refractivity (Wildman–Crippen MR) is 77.3 cm³/mol. The first kappa shape index (κ1) is 12.2. The maximum Gasteiger partial charge on any atom is 0.153 e. The molecule has 3 aromatic rings. The van der Waals surface area contributed by atoms with Gasteiger partial charge < -0.3 is 5.32 Å². The summed E-state index contributed by atoms with van der Waals surface area (Å²) in [5.41, 5.74) is 2.04. The smallest absolute Gasteiger partial charge is 0.153 e. The summed E-state index contributed by atoms with van der Waals surface area (Å²) in [7, 11) is 0. The quantitative estimate of drug-likeness (QED) is 0.769. The molecule has 20 heavy (non-hydrogen) atoms. The summed E-state index contributed by atoms with van der Waals surface area (Å²) >= 11 is 0. The summed E-state index contributed by atoms with van der Waals surface area (Å²) in [5.74, 6) is 0.792. The lowest BCUT2D eigenvalue weighted by Gasteiger charge is -2.05. The Morgan fingerprint density at radius 1 is 1.25 bits per heavy atom. The van der Waals surface area contributed by atoms with Crippen LogP contribution in [0.5, 0.6) is 0 Å². The Kier molecular flexibility index (Phi) is 3.28. The molecule has 0 aliphatic heterocycles. The number of pyridine rings is 1. The molecule has 100 valence electrons. The van der Waals surface area contributed by atoms with Gasteiger partial charge in [0.05, 0.1) is 18.1 Å². The van der Waals surface area contributed by atoms with Gasteiger partial charge in [-0.25, -0.2) is 14.3 Å². The van der Waals surface area contributed by atoms with Crippen molar-refractivity contribution in [3.8, 4) is 5.82 Å². The molecule has 0 aliphatic carbocycles. The zero-order valence-corrected chi connectivity index (χ0v) is 10.8. The van der Waals surface area contributed by atoms with Crippen LogP contribution in [-0.2, 0) is 6.54 Å². The number of hydrogen-bond donors (Lipinski definition) is 1. The van der Waals surface area contributed by atoms with Crippen LogP contribution >= 0.6 is 0 Å². The average molecular weight is 266 g/mol. The minimum Gasteiger partial charge on any atom is -0.380 e. The molecule has 0 saturated heterocycles. The van der Waals surface area contributed by atoms with Crippen molar-refractivity contribution >= 4 is 11.9 Å². The third-order valence-electron chi connectivity index (χ3n) is 2.83. The molecule has 3 heterocycles. The normalized spacial score (nSPS) is 10.4. The van der Waals surface area contributed by atoms with E-state index in [-0.39, 0.29) is 0 Å². The first-order valence-electron chi connectivity index (χ1n) is 6.21. The number of nitrogens with one attached hydrogen (secondary N) is 1. The molecular formula is C14H14N6. The average Bonchev–Trinajstić information content (AvgIpc) is 3.17. The fourth-order valence-corrected chi connectivity index (χ4v) is 1.80. The van der Waals surface area contributed by atoms with Crippen molar-refractivity contribution in [3.05, 3.63) is 61.3 Å². The van der Waals surface area contributed by atoms with Gasteiger partial charge in [-0.1, -0.05) is 6.58 Å². The van der Waals surface area contributed by atoms with Crippen LogP contribution < -0.4 is 5.32 Å². The Balaban J connectivity index is 1.65. The van der Waals surface area contributed by atoms with Gasteiger partial charge in [0.1, 0.15) is 0 Å². The molecule has 0 saturated carbocycles. The third-order valence-corrected chi connectivity index (χ3v) is 2.83. The molecule has 0 unspecified atom stereocenters. The van der Waals surface area contributed by atoms with E-state index in [1.54, 1.807) is 34.2 Å². The van der Waals surface area contributed by atoms with Gasteiger partial charge in [0.15, 0.2) is 5.82 Å². The highest BCUT2D eigenvalue weighted by atomic mass is 15.3.